The summed E-state index contributed by atoms with van der Waals surface area (Å²) in [6, 6.07) is 4.39. The summed E-state index contributed by atoms with van der Waals surface area (Å²) in [5.74, 6) is -0.313. The van der Waals surface area contributed by atoms with Gasteiger partial charge in [0.1, 0.15) is 6.26 Å². The molecule has 0 saturated heterocycles. The molecule has 0 radical (unpaired) electrons. The van der Waals surface area contributed by atoms with Crippen LogP contribution in [0.25, 0.3) is 11.5 Å². The zero-order valence-electron chi connectivity index (χ0n) is 14.4. The molecule has 1 heterocycles. The fraction of sp³-hybridized carbons (Fsp3) is 0.444. The Labute approximate surface area is 149 Å². The highest BCUT2D eigenvalue weighted by Gasteiger charge is 2.30. The van der Waals surface area contributed by atoms with Gasteiger partial charge in [-0.1, -0.05) is 13.3 Å². The van der Waals surface area contributed by atoms with Gasteiger partial charge >= 0.3 is 6.18 Å². The number of benzene rings is 1. The number of aromatic nitrogens is 1. The first-order valence-electron chi connectivity index (χ1n) is 8.41. The zero-order valence-corrected chi connectivity index (χ0v) is 14.4. The van der Waals surface area contributed by atoms with Gasteiger partial charge in [0.05, 0.1) is 5.56 Å². The number of carbonyl (C=O) groups is 1. The zero-order chi connectivity index (χ0) is 19.0. The van der Waals surface area contributed by atoms with Crippen LogP contribution in [0.15, 0.2) is 34.9 Å². The molecular formula is C18H21F3N2O3. The van der Waals surface area contributed by atoms with E-state index in [0.29, 0.717) is 31.7 Å². The minimum absolute atomic E-state index is 0.0757. The largest absolute Gasteiger partial charge is 0.444 e. The van der Waals surface area contributed by atoms with Crippen LogP contribution in [0.2, 0.25) is 0 Å². The highest BCUT2D eigenvalue weighted by Crippen LogP contribution is 2.30. The lowest BCUT2D eigenvalue weighted by Gasteiger charge is -2.06. The molecule has 0 atom stereocenters. The van der Waals surface area contributed by atoms with Gasteiger partial charge in [-0.05, 0) is 37.1 Å². The lowest BCUT2D eigenvalue weighted by molar-refractivity contribution is -0.137. The van der Waals surface area contributed by atoms with E-state index >= 15 is 0 Å². The number of carbonyl (C=O) groups excluding carboxylic acids is 1. The number of alkyl halides is 3. The van der Waals surface area contributed by atoms with Crippen LogP contribution in [0.3, 0.4) is 0 Å². The van der Waals surface area contributed by atoms with Gasteiger partial charge in [-0.15, -0.1) is 0 Å². The van der Waals surface area contributed by atoms with Crippen molar-refractivity contribution in [3.8, 4) is 11.5 Å². The van der Waals surface area contributed by atoms with Crippen molar-refractivity contribution in [2.45, 2.75) is 32.4 Å². The third-order valence-electron chi connectivity index (χ3n) is 3.59. The summed E-state index contributed by atoms with van der Waals surface area (Å²) in [6.45, 7) is 3.80. The fourth-order valence-electron chi connectivity index (χ4n) is 2.13. The van der Waals surface area contributed by atoms with Gasteiger partial charge in [0.25, 0.3) is 5.91 Å². The molecule has 0 aliphatic heterocycles. The van der Waals surface area contributed by atoms with Crippen molar-refractivity contribution in [1.29, 1.82) is 0 Å². The van der Waals surface area contributed by atoms with Crippen molar-refractivity contribution < 1.29 is 27.1 Å². The normalized spacial score (nSPS) is 11.5. The van der Waals surface area contributed by atoms with Crippen molar-refractivity contribution in [2.75, 3.05) is 19.8 Å². The Bertz CT molecular complexity index is 696. The molecule has 5 nitrogen and oxygen atoms in total. The van der Waals surface area contributed by atoms with Gasteiger partial charge < -0.3 is 14.5 Å². The van der Waals surface area contributed by atoms with Crippen LogP contribution < -0.4 is 5.32 Å². The summed E-state index contributed by atoms with van der Waals surface area (Å²) in [5.41, 5.74) is -0.319. The quantitative estimate of drug-likeness (QED) is 0.669. The summed E-state index contributed by atoms with van der Waals surface area (Å²) in [4.78, 5) is 16.0. The average Bonchev–Trinajstić information content (AvgIpc) is 3.10. The standard InChI is InChI=1S/C18H21F3N2O3/c1-2-3-10-25-11-4-9-22-16(24)15-12-26-17(23-15)13-5-7-14(8-6-13)18(19,20)21/h5-8,12H,2-4,9-11H2,1H3,(H,22,24). The maximum absolute atomic E-state index is 12.6. The van der Waals surface area contributed by atoms with Crippen LogP contribution in [0.1, 0.15) is 42.2 Å². The first kappa shape index (κ1) is 20.0. The SMILES string of the molecule is CCCCOCCCNC(=O)c1coc(-c2ccc(C(F)(F)F)cc2)n1. The van der Waals surface area contributed by atoms with Crippen molar-refractivity contribution in [1.82, 2.24) is 10.3 Å². The van der Waals surface area contributed by atoms with E-state index in [-0.39, 0.29) is 11.6 Å². The van der Waals surface area contributed by atoms with Gasteiger partial charge in [0.2, 0.25) is 5.89 Å². The minimum Gasteiger partial charge on any atom is -0.444 e. The van der Waals surface area contributed by atoms with Gasteiger partial charge in [0.15, 0.2) is 5.69 Å². The molecule has 0 aliphatic rings. The smallest absolute Gasteiger partial charge is 0.416 e. The second-order valence-electron chi connectivity index (χ2n) is 5.69. The topological polar surface area (TPSA) is 64.4 Å². The number of hydrogen-bond donors (Lipinski definition) is 1. The fourth-order valence-corrected chi connectivity index (χ4v) is 2.13. The molecule has 26 heavy (non-hydrogen) atoms. The number of nitrogens with zero attached hydrogens (tertiary/aromatic N) is 1. The van der Waals surface area contributed by atoms with E-state index in [0.717, 1.165) is 25.0 Å². The predicted octanol–water partition coefficient (Wildman–Crippen LogP) is 4.30. The molecular weight excluding hydrogens is 349 g/mol. The Morgan fingerprint density at radius 3 is 2.54 bits per heavy atom. The van der Waals surface area contributed by atoms with E-state index in [1.807, 2.05) is 0 Å². The van der Waals surface area contributed by atoms with Gasteiger partial charge in [0, 0.05) is 25.3 Å². The molecule has 1 aromatic heterocycles. The third kappa shape index (κ3) is 5.87. The Morgan fingerprint density at radius 2 is 1.88 bits per heavy atom. The number of ether oxygens (including phenoxy) is 1. The molecule has 2 rings (SSSR count). The number of halogens is 3. The molecule has 0 fully saturated rings. The highest BCUT2D eigenvalue weighted by atomic mass is 19.4. The summed E-state index contributed by atoms with van der Waals surface area (Å²) in [6.07, 6.45) is -0.457. The van der Waals surface area contributed by atoms with E-state index in [4.69, 9.17) is 9.15 Å². The lowest BCUT2D eigenvalue weighted by Crippen LogP contribution is -2.25. The van der Waals surface area contributed by atoms with Crippen LogP contribution in [0.4, 0.5) is 13.2 Å². The molecule has 1 aromatic carbocycles. The summed E-state index contributed by atoms with van der Waals surface area (Å²) >= 11 is 0. The maximum Gasteiger partial charge on any atom is 0.416 e. The van der Waals surface area contributed by atoms with Crippen molar-refractivity contribution in [2.24, 2.45) is 0 Å². The molecule has 0 unspecified atom stereocenters. The predicted molar refractivity (Wildman–Crippen MR) is 89.6 cm³/mol. The summed E-state index contributed by atoms with van der Waals surface area (Å²) in [5, 5.41) is 2.69. The maximum atomic E-state index is 12.6. The summed E-state index contributed by atoms with van der Waals surface area (Å²) < 4.78 is 48.3. The second kappa shape index (κ2) is 9.38. The number of amides is 1. The second-order valence-corrected chi connectivity index (χ2v) is 5.69. The molecule has 0 saturated carbocycles. The van der Waals surface area contributed by atoms with Crippen molar-refractivity contribution in [3.05, 3.63) is 41.8 Å². The van der Waals surface area contributed by atoms with Gasteiger partial charge in [-0.25, -0.2) is 4.98 Å². The van der Waals surface area contributed by atoms with Crippen LogP contribution in [-0.4, -0.2) is 30.6 Å². The van der Waals surface area contributed by atoms with Crippen LogP contribution in [0.5, 0.6) is 0 Å². The van der Waals surface area contributed by atoms with E-state index in [9.17, 15) is 18.0 Å². The van der Waals surface area contributed by atoms with E-state index in [1.54, 1.807) is 0 Å². The number of unbranched alkanes of at least 4 members (excludes halogenated alkanes) is 1. The molecule has 1 N–H and O–H groups in total. The monoisotopic (exact) mass is 370 g/mol. The molecule has 8 heteroatoms. The highest BCUT2D eigenvalue weighted by molar-refractivity contribution is 5.92. The van der Waals surface area contributed by atoms with Crippen molar-refractivity contribution in [3.63, 3.8) is 0 Å². The first-order valence-corrected chi connectivity index (χ1v) is 8.41. The molecule has 142 valence electrons. The molecule has 2 aromatic rings. The Kier molecular flexibility index (Phi) is 7.20. The minimum atomic E-state index is -4.40. The summed E-state index contributed by atoms with van der Waals surface area (Å²) in [7, 11) is 0. The average molecular weight is 370 g/mol. The van der Waals surface area contributed by atoms with Gasteiger partial charge in [-0.2, -0.15) is 13.2 Å². The van der Waals surface area contributed by atoms with E-state index < -0.39 is 17.6 Å². The lowest BCUT2D eigenvalue weighted by atomic mass is 10.1. The van der Waals surface area contributed by atoms with Crippen molar-refractivity contribution >= 4 is 5.91 Å². The molecule has 0 aliphatic carbocycles. The third-order valence-corrected chi connectivity index (χ3v) is 3.59. The van der Waals surface area contributed by atoms with Gasteiger partial charge in [-0.3, -0.25) is 4.79 Å². The van der Waals surface area contributed by atoms with E-state index in [2.05, 4.69) is 17.2 Å². The molecule has 1 amide bonds. The van der Waals surface area contributed by atoms with Crippen LogP contribution in [0, 0.1) is 0 Å². The Hall–Kier alpha value is -2.35. The van der Waals surface area contributed by atoms with E-state index in [1.165, 1.54) is 18.4 Å². The van der Waals surface area contributed by atoms with Crippen LogP contribution in [-0.2, 0) is 10.9 Å². The number of rotatable bonds is 9. The molecule has 0 bridgehead atoms. The number of nitrogens with one attached hydrogen (secondary N) is 1. The first-order chi connectivity index (χ1) is 12.4. The number of oxazole rings is 1. The number of hydrogen-bond acceptors (Lipinski definition) is 4. The Morgan fingerprint density at radius 1 is 1.19 bits per heavy atom. The Balaban J connectivity index is 1.84. The molecule has 0 spiro atoms. The van der Waals surface area contributed by atoms with Crippen LogP contribution >= 0.6 is 0 Å².